The molecule has 6 heteroatoms. The lowest BCUT2D eigenvalue weighted by molar-refractivity contribution is -0.268. The highest BCUT2D eigenvalue weighted by atomic mass is 32.2. The van der Waals surface area contributed by atoms with Crippen molar-refractivity contribution in [2.24, 2.45) is 5.92 Å². The summed E-state index contributed by atoms with van der Waals surface area (Å²) in [5, 5.41) is 10.3. The summed E-state index contributed by atoms with van der Waals surface area (Å²) in [4.78, 5) is 4.41. The lowest BCUT2D eigenvalue weighted by Crippen LogP contribution is -2.38. The van der Waals surface area contributed by atoms with Crippen molar-refractivity contribution in [1.29, 1.82) is 0 Å². The van der Waals surface area contributed by atoms with Gasteiger partial charge in [-0.1, -0.05) is 49.4 Å². The molecule has 3 N–H and O–H groups in total. The van der Waals surface area contributed by atoms with Crippen molar-refractivity contribution >= 4 is 17.4 Å². The van der Waals surface area contributed by atoms with Crippen LogP contribution in [0.3, 0.4) is 0 Å². The SMILES string of the molecule is C[C@H]1[C@@H](CSc2ccccn2)OC(c2cccc(N)c2)O[C@H]1c1ccc(CO)cc1. The Hall–Kier alpha value is -2.38. The average Bonchev–Trinajstić information content (AvgIpc) is 2.79. The van der Waals surface area contributed by atoms with E-state index >= 15 is 0 Å². The number of pyridine rings is 1. The quantitative estimate of drug-likeness (QED) is 0.441. The van der Waals surface area contributed by atoms with Gasteiger partial charge in [0.05, 0.1) is 23.8 Å². The van der Waals surface area contributed by atoms with Crippen LogP contribution in [-0.4, -0.2) is 21.9 Å². The molecule has 0 amide bonds. The van der Waals surface area contributed by atoms with E-state index in [9.17, 15) is 5.11 Å². The van der Waals surface area contributed by atoms with E-state index in [1.165, 1.54) is 0 Å². The zero-order valence-corrected chi connectivity index (χ0v) is 17.7. The van der Waals surface area contributed by atoms with Gasteiger partial charge in [-0.25, -0.2) is 4.98 Å². The molecule has 0 saturated carbocycles. The fourth-order valence-corrected chi connectivity index (χ4v) is 4.64. The Balaban J connectivity index is 1.59. The first-order chi connectivity index (χ1) is 14.6. The number of hydrogen-bond acceptors (Lipinski definition) is 6. The van der Waals surface area contributed by atoms with E-state index in [0.29, 0.717) is 5.69 Å². The van der Waals surface area contributed by atoms with Crippen molar-refractivity contribution in [1.82, 2.24) is 4.98 Å². The molecule has 1 aliphatic heterocycles. The third kappa shape index (κ3) is 4.84. The maximum Gasteiger partial charge on any atom is 0.185 e. The van der Waals surface area contributed by atoms with Gasteiger partial charge in [0.1, 0.15) is 0 Å². The molecule has 3 aromatic rings. The molecule has 4 atom stereocenters. The van der Waals surface area contributed by atoms with Crippen LogP contribution >= 0.6 is 11.8 Å². The summed E-state index contributed by atoms with van der Waals surface area (Å²) in [5.74, 6) is 0.907. The van der Waals surface area contributed by atoms with Gasteiger partial charge in [-0.15, -0.1) is 11.8 Å². The van der Waals surface area contributed by atoms with E-state index in [-0.39, 0.29) is 24.7 Å². The van der Waals surface area contributed by atoms with Crippen LogP contribution in [0, 0.1) is 5.92 Å². The average molecular weight is 423 g/mol. The molecule has 1 aliphatic rings. The maximum absolute atomic E-state index is 9.36. The van der Waals surface area contributed by atoms with Crippen LogP contribution in [0.2, 0.25) is 0 Å². The second-order valence-corrected chi connectivity index (χ2v) is 8.51. The molecule has 156 valence electrons. The number of hydrogen-bond donors (Lipinski definition) is 2. The monoisotopic (exact) mass is 422 g/mol. The zero-order chi connectivity index (χ0) is 20.9. The third-order valence-corrected chi connectivity index (χ3v) is 6.37. The van der Waals surface area contributed by atoms with Crippen LogP contribution in [-0.2, 0) is 16.1 Å². The number of ether oxygens (including phenoxy) is 2. The summed E-state index contributed by atoms with van der Waals surface area (Å²) in [7, 11) is 0. The van der Waals surface area contributed by atoms with Crippen LogP contribution < -0.4 is 5.73 Å². The standard InChI is InChI=1S/C24H26N2O3S/c1-16-21(15-30-22-7-2-3-12-26-22)28-24(19-5-4-6-20(25)13-19)29-23(16)18-10-8-17(14-27)9-11-18/h2-13,16,21,23-24,27H,14-15,25H2,1H3/t16-,21+,23+,24?/m0/s1. The summed E-state index contributed by atoms with van der Waals surface area (Å²) in [6.07, 6.45) is 1.14. The van der Waals surface area contributed by atoms with E-state index < -0.39 is 6.29 Å². The number of nitrogen functional groups attached to an aromatic ring is 1. The molecule has 0 aliphatic carbocycles. The largest absolute Gasteiger partial charge is 0.399 e. The highest BCUT2D eigenvalue weighted by Gasteiger charge is 2.38. The number of rotatable bonds is 6. The van der Waals surface area contributed by atoms with Crippen molar-refractivity contribution in [2.45, 2.75) is 37.1 Å². The number of thioether (sulfide) groups is 1. The molecule has 1 saturated heterocycles. The van der Waals surface area contributed by atoms with Gasteiger partial charge in [-0.05, 0) is 35.4 Å². The van der Waals surface area contributed by atoms with Gasteiger partial charge in [0, 0.05) is 29.1 Å². The summed E-state index contributed by atoms with van der Waals surface area (Å²) in [6, 6.07) is 21.5. The van der Waals surface area contributed by atoms with Gasteiger partial charge < -0.3 is 20.3 Å². The van der Waals surface area contributed by atoms with Gasteiger partial charge in [0.2, 0.25) is 0 Å². The topological polar surface area (TPSA) is 77.6 Å². The van der Waals surface area contributed by atoms with Crippen LogP contribution in [0.25, 0.3) is 0 Å². The fraction of sp³-hybridized carbons (Fsp3) is 0.292. The van der Waals surface area contributed by atoms with Crippen molar-refractivity contribution in [3.63, 3.8) is 0 Å². The van der Waals surface area contributed by atoms with Crippen LogP contribution in [0.15, 0.2) is 78.0 Å². The number of nitrogens with two attached hydrogens (primary N) is 1. The lowest BCUT2D eigenvalue weighted by Gasteiger charge is -2.41. The zero-order valence-electron chi connectivity index (χ0n) is 16.8. The van der Waals surface area contributed by atoms with E-state index in [0.717, 1.165) is 27.5 Å². The Morgan fingerprint density at radius 1 is 1.00 bits per heavy atom. The smallest absolute Gasteiger partial charge is 0.185 e. The Bertz CT molecular complexity index is 952. The van der Waals surface area contributed by atoms with Gasteiger partial charge in [0.15, 0.2) is 6.29 Å². The Labute approximate surface area is 181 Å². The second-order valence-electron chi connectivity index (χ2n) is 7.47. The molecule has 1 fully saturated rings. The predicted molar refractivity (Wildman–Crippen MR) is 119 cm³/mol. The van der Waals surface area contributed by atoms with Crippen molar-refractivity contribution in [3.8, 4) is 0 Å². The Kier molecular flexibility index (Phi) is 6.69. The molecule has 5 nitrogen and oxygen atoms in total. The summed E-state index contributed by atoms with van der Waals surface area (Å²) in [5.41, 5.74) is 9.54. The van der Waals surface area contributed by atoms with E-state index in [1.807, 2.05) is 66.7 Å². The molecule has 2 heterocycles. The first kappa shape index (κ1) is 20.9. The van der Waals surface area contributed by atoms with Gasteiger partial charge in [-0.2, -0.15) is 0 Å². The van der Waals surface area contributed by atoms with E-state index in [1.54, 1.807) is 18.0 Å². The van der Waals surface area contributed by atoms with Crippen LogP contribution in [0.4, 0.5) is 5.69 Å². The maximum atomic E-state index is 9.36. The normalized spacial score (nSPS) is 23.9. The molecular formula is C24H26N2O3S. The fourth-order valence-electron chi connectivity index (χ4n) is 3.62. The van der Waals surface area contributed by atoms with Crippen molar-refractivity contribution in [2.75, 3.05) is 11.5 Å². The first-order valence-electron chi connectivity index (χ1n) is 10.0. The third-order valence-electron chi connectivity index (χ3n) is 5.34. The molecule has 2 aromatic carbocycles. The number of aromatic nitrogens is 1. The number of benzene rings is 2. The van der Waals surface area contributed by atoms with Crippen molar-refractivity contribution in [3.05, 3.63) is 89.6 Å². The number of aliphatic hydroxyl groups excluding tert-OH is 1. The molecular weight excluding hydrogens is 396 g/mol. The second kappa shape index (κ2) is 9.62. The van der Waals surface area contributed by atoms with Crippen LogP contribution in [0.5, 0.6) is 0 Å². The van der Waals surface area contributed by atoms with Crippen molar-refractivity contribution < 1.29 is 14.6 Å². The first-order valence-corrected chi connectivity index (χ1v) is 11.0. The Morgan fingerprint density at radius 2 is 1.83 bits per heavy atom. The minimum atomic E-state index is -0.499. The van der Waals surface area contributed by atoms with Crippen LogP contribution in [0.1, 0.15) is 36.0 Å². The van der Waals surface area contributed by atoms with E-state index in [2.05, 4.69) is 11.9 Å². The van der Waals surface area contributed by atoms with Gasteiger partial charge >= 0.3 is 0 Å². The molecule has 4 rings (SSSR count). The minimum absolute atomic E-state index is 0.0275. The molecule has 0 spiro atoms. The predicted octanol–water partition coefficient (Wildman–Crippen LogP) is 4.74. The summed E-state index contributed by atoms with van der Waals surface area (Å²) >= 11 is 1.68. The number of nitrogens with zero attached hydrogens (tertiary/aromatic N) is 1. The highest BCUT2D eigenvalue weighted by Crippen LogP contribution is 2.43. The summed E-state index contributed by atoms with van der Waals surface area (Å²) in [6.45, 7) is 2.18. The minimum Gasteiger partial charge on any atom is -0.399 e. The molecule has 1 aromatic heterocycles. The van der Waals surface area contributed by atoms with Gasteiger partial charge in [0.25, 0.3) is 0 Å². The molecule has 0 radical (unpaired) electrons. The van der Waals surface area contributed by atoms with Gasteiger partial charge in [-0.3, -0.25) is 0 Å². The molecule has 1 unspecified atom stereocenters. The number of aliphatic hydroxyl groups is 1. The Morgan fingerprint density at radius 3 is 2.53 bits per heavy atom. The highest BCUT2D eigenvalue weighted by molar-refractivity contribution is 7.99. The molecule has 0 bridgehead atoms. The number of anilines is 1. The molecule has 30 heavy (non-hydrogen) atoms. The summed E-state index contributed by atoms with van der Waals surface area (Å²) < 4.78 is 12.8. The lowest BCUT2D eigenvalue weighted by atomic mass is 9.91. The van der Waals surface area contributed by atoms with E-state index in [4.69, 9.17) is 15.2 Å².